The highest BCUT2D eigenvalue weighted by Gasteiger charge is 2.09. The Bertz CT molecular complexity index is 73.5. The molecule has 3 heteroatoms. The predicted octanol–water partition coefficient (Wildman–Crippen LogP) is -0.353. The fourth-order valence-electron chi connectivity index (χ4n) is 1.23. The molecule has 0 amide bonds. The lowest BCUT2D eigenvalue weighted by Gasteiger charge is -2.13. The number of rotatable bonds is 3. The molecule has 0 N–H and O–H groups in total. The highest BCUT2D eigenvalue weighted by molar-refractivity contribution is 5.97. The van der Waals surface area contributed by atoms with E-state index < -0.39 is 0 Å². The summed E-state index contributed by atoms with van der Waals surface area (Å²) in [4.78, 5) is 2.47. The van der Waals surface area contributed by atoms with Crippen molar-refractivity contribution in [2.45, 2.75) is 12.8 Å². The molecule has 1 rings (SSSR count). The van der Waals surface area contributed by atoms with E-state index in [4.69, 9.17) is 3.79 Å². The summed E-state index contributed by atoms with van der Waals surface area (Å²) in [5, 5.41) is 0. The highest BCUT2D eigenvalue weighted by Crippen LogP contribution is 2.05. The first-order chi connectivity index (χ1) is 4.43. The number of nitrogens with zero attached hydrogens (tertiary/aromatic N) is 1. The topological polar surface area (TPSA) is 12.5 Å². The maximum atomic E-state index is 5.10. The van der Waals surface area contributed by atoms with Crippen LogP contribution in [0.15, 0.2) is 0 Å². The van der Waals surface area contributed by atoms with Crippen LogP contribution in [0, 0.1) is 0 Å². The Morgan fingerprint density at radius 1 is 1.33 bits per heavy atom. The van der Waals surface area contributed by atoms with Gasteiger partial charge in [-0.3, -0.25) is 0 Å². The Morgan fingerprint density at radius 3 is 2.56 bits per heavy atom. The summed E-state index contributed by atoms with van der Waals surface area (Å²) < 4.78 is 5.10. The Morgan fingerprint density at radius 2 is 2.00 bits per heavy atom. The minimum Gasteiger partial charge on any atom is -0.505 e. The molecule has 52 valence electrons. The third-order valence-corrected chi connectivity index (χ3v) is 2.22. The molecular formula is C6H14AlNO. The van der Waals surface area contributed by atoms with Gasteiger partial charge in [-0.15, -0.1) is 0 Å². The standard InChI is InChI=1S/C6H12NO.Al.2H/c8-6-5-7-3-1-2-4-7;;;/h1-6H2;;;/q-1;+1;;. The van der Waals surface area contributed by atoms with Crippen molar-refractivity contribution in [2.24, 2.45) is 0 Å². The summed E-state index contributed by atoms with van der Waals surface area (Å²) in [6.07, 6.45) is 2.78. The van der Waals surface area contributed by atoms with Gasteiger partial charge in [-0.2, -0.15) is 0 Å². The molecule has 0 spiro atoms. The fraction of sp³-hybridized carbons (Fsp3) is 1.00. The van der Waals surface area contributed by atoms with Gasteiger partial charge < -0.3 is 8.69 Å². The van der Waals surface area contributed by atoms with E-state index in [0.29, 0.717) is 0 Å². The van der Waals surface area contributed by atoms with Crippen molar-refractivity contribution in [1.29, 1.82) is 0 Å². The lowest BCUT2D eigenvalue weighted by atomic mass is 10.4. The third-order valence-electron chi connectivity index (χ3n) is 1.81. The van der Waals surface area contributed by atoms with Crippen LogP contribution in [0.5, 0.6) is 0 Å². The lowest BCUT2D eigenvalue weighted by Crippen LogP contribution is -2.23. The maximum Gasteiger partial charge on any atom is 0.410 e. The molecule has 0 atom stereocenters. The van der Waals surface area contributed by atoms with Crippen molar-refractivity contribution in [2.75, 3.05) is 26.2 Å². The van der Waals surface area contributed by atoms with Crippen molar-refractivity contribution in [1.82, 2.24) is 4.90 Å². The van der Waals surface area contributed by atoms with Gasteiger partial charge in [0.1, 0.15) is 0 Å². The van der Waals surface area contributed by atoms with E-state index in [1.165, 1.54) is 25.9 Å². The van der Waals surface area contributed by atoms with Gasteiger partial charge in [0.2, 0.25) is 0 Å². The zero-order valence-electron chi connectivity index (χ0n) is 6.10. The average molecular weight is 143 g/mol. The number of likely N-dealkylation sites (tertiary alicyclic amines) is 1. The second-order valence-electron chi connectivity index (χ2n) is 2.54. The molecule has 0 aliphatic carbocycles. The van der Waals surface area contributed by atoms with Gasteiger partial charge in [0, 0.05) is 13.2 Å². The lowest BCUT2D eigenvalue weighted by molar-refractivity contribution is 0.251. The SMILES string of the molecule is [AlH2][O]CCN1CCCC1. The summed E-state index contributed by atoms with van der Waals surface area (Å²) >= 11 is 0.893. The molecule has 0 aromatic rings. The summed E-state index contributed by atoms with van der Waals surface area (Å²) in [6, 6.07) is 0. The molecule has 1 aliphatic heterocycles. The zero-order valence-corrected chi connectivity index (χ0v) is 8.10. The van der Waals surface area contributed by atoms with Gasteiger partial charge in [-0.25, -0.2) is 0 Å². The van der Waals surface area contributed by atoms with E-state index >= 15 is 0 Å². The van der Waals surface area contributed by atoms with Crippen LogP contribution in [0.1, 0.15) is 12.8 Å². The monoisotopic (exact) mass is 143 g/mol. The molecule has 0 saturated carbocycles. The Labute approximate surface area is 64.9 Å². The first-order valence-corrected chi connectivity index (χ1v) is 4.46. The van der Waals surface area contributed by atoms with Gasteiger partial charge in [-0.05, 0) is 25.9 Å². The average Bonchev–Trinajstić information content (AvgIpc) is 2.34. The fourth-order valence-corrected chi connectivity index (χ4v) is 1.41. The highest BCUT2D eigenvalue weighted by atomic mass is 27.1. The van der Waals surface area contributed by atoms with E-state index in [2.05, 4.69) is 4.90 Å². The Balaban J connectivity index is 1.98. The molecule has 1 aliphatic rings. The van der Waals surface area contributed by atoms with Crippen molar-refractivity contribution in [3.63, 3.8) is 0 Å². The molecule has 0 aromatic heterocycles. The number of hydrogen-bond acceptors (Lipinski definition) is 2. The number of hydrogen-bond donors (Lipinski definition) is 0. The Kier molecular flexibility index (Phi) is 3.61. The van der Waals surface area contributed by atoms with Gasteiger partial charge in [0.05, 0.1) is 0 Å². The molecule has 2 nitrogen and oxygen atoms in total. The van der Waals surface area contributed by atoms with Crippen molar-refractivity contribution in [3.8, 4) is 0 Å². The summed E-state index contributed by atoms with van der Waals surface area (Å²) in [5.41, 5.74) is 0. The molecule has 9 heavy (non-hydrogen) atoms. The molecule has 0 aromatic carbocycles. The van der Waals surface area contributed by atoms with Crippen LogP contribution in [0.4, 0.5) is 0 Å². The van der Waals surface area contributed by atoms with Gasteiger partial charge >= 0.3 is 16.6 Å². The van der Waals surface area contributed by atoms with Crippen LogP contribution in [0.2, 0.25) is 0 Å². The predicted molar refractivity (Wildman–Crippen MR) is 40.2 cm³/mol. The van der Waals surface area contributed by atoms with E-state index in [1.54, 1.807) is 0 Å². The van der Waals surface area contributed by atoms with E-state index in [-0.39, 0.29) is 0 Å². The zero-order chi connectivity index (χ0) is 6.53. The largest absolute Gasteiger partial charge is 0.505 e. The first kappa shape index (κ1) is 7.56. The van der Waals surface area contributed by atoms with Crippen LogP contribution in [-0.4, -0.2) is 47.8 Å². The van der Waals surface area contributed by atoms with Crippen LogP contribution in [-0.2, 0) is 3.79 Å². The van der Waals surface area contributed by atoms with E-state index in [9.17, 15) is 0 Å². The Hall–Kier alpha value is 0.452. The van der Waals surface area contributed by atoms with Crippen LogP contribution < -0.4 is 0 Å². The van der Waals surface area contributed by atoms with Crippen molar-refractivity contribution < 1.29 is 3.79 Å². The van der Waals surface area contributed by atoms with Gasteiger partial charge in [0.25, 0.3) is 0 Å². The maximum absolute atomic E-state index is 5.10. The van der Waals surface area contributed by atoms with Crippen LogP contribution in [0.3, 0.4) is 0 Å². The van der Waals surface area contributed by atoms with Crippen LogP contribution in [0.25, 0.3) is 0 Å². The van der Waals surface area contributed by atoms with Gasteiger partial charge in [-0.1, -0.05) is 0 Å². The normalized spacial score (nSPS) is 20.9. The van der Waals surface area contributed by atoms with Gasteiger partial charge in [0.15, 0.2) is 0 Å². The molecule has 1 fully saturated rings. The van der Waals surface area contributed by atoms with E-state index in [1.807, 2.05) is 0 Å². The van der Waals surface area contributed by atoms with Crippen molar-refractivity contribution in [3.05, 3.63) is 0 Å². The van der Waals surface area contributed by atoms with Crippen LogP contribution >= 0.6 is 0 Å². The van der Waals surface area contributed by atoms with E-state index in [0.717, 1.165) is 29.8 Å². The first-order valence-electron chi connectivity index (χ1n) is 3.65. The molecule has 0 unspecified atom stereocenters. The summed E-state index contributed by atoms with van der Waals surface area (Å²) in [5.74, 6) is 0. The molecule has 0 bridgehead atoms. The minimum atomic E-state index is 0.893. The summed E-state index contributed by atoms with van der Waals surface area (Å²) in [7, 11) is 0. The summed E-state index contributed by atoms with van der Waals surface area (Å²) in [6.45, 7) is 4.70. The minimum absolute atomic E-state index is 0.893. The second-order valence-corrected chi connectivity index (χ2v) is 3.12. The third kappa shape index (κ3) is 2.68. The molecule has 0 radical (unpaired) electrons. The smallest absolute Gasteiger partial charge is 0.410 e. The second kappa shape index (κ2) is 4.30. The quantitative estimate of drug-likeness (QED) is 0.500. The molecule has 1 heterocycles. The molecule has 1 saturated heterocycles. The molecular weight excluding hydrogens is 129 g/mol. The van der Waals surface area contributed by atoms with Crippen molar-refractivity contribution >= 4 is 16.6 Å².